The van der Waals surface area contributed by atoms with Crippen molar-refractivity contribution in [1.29, 1.82) is 5.26 Å². The summed E-state index contributed by atoms with van der Waals surface area (Å²) >= 11 is 1.38. The van der Waals surface area contributed by atoms with Gasteiger partial charge in [0.1, 0.15) is 4.88 Å². The summed E-state index contributed by atoms with van der Waals surface area (Å²) < 4.78 is 46.0. The molecule has 1 aromatic carbocycles. The first-order chi connectivity index (χ1) is 15.6. The predicted octanol–water partition coefficient (Wildman–Crippen LogP) is 4.27. The Labute approximate surface area is 194 Å². The molecule has 0 unspecified atom stereocenters. The molecule has 2 aliphatic heterocycles. The number of likely N-dealkylation sites (tertiary alicyclic amines) is 1. The maximum atomic E-state index is 13.5. The molecule has 2 atom stereocenters. The second-order valence-electron chi connectivity index (χ2n) is 8.88. The van der Waals surface area contributed by atoms with Crippen molar-refractivity contribution in [1.82, 2.24) is 9.88 Å². The minimum atomic E-state index is -4.61. The van der Waals surface area contributed by atoms with Crippen LogP contribution in [0.15, 0.2) is 18.2 Å². The number of alkyl halides is 3. The fourth-order valence-electron chi connectivity index (χ4n) is 5.18. The van der Waals surface area contributed by atoms with Crippen LogP contribution < -0.4 is 4.90 Å². The smallest absolute Gasteiger partial charge is 0.384 e. The van der Waals surface area contributed by atoms with Crippen LogP contribution in [0.5, 0.6) is 0 Å². The normalized spacial score (nSPS) is 22.9. The van der Waals surface area contributed by atoms with Crippen LogP contribution in [0.3, 0.4) is 0 Å². The number of carbonyl (C=O) groups excluding carboxylic acids is 1. The van der Waals surface area contributed by atoms with Gasteiger partial charge in [-0.05, 0) is 44.4 Å². The molecule has 0 bridgehead atoms. The minimum Gasteiger partial charge on any atom is -0.384 e. The van der Waals surface area contributed by atoms with Crippen LogP contribution in [-0.2, 0) is 10.9 Å². The number of aromatic nitrogens is 1. The van der Waals surface area contributed by atoms with Crippen LogP contribution in [0.25, 0.3) is 0 Å². The number of nitrogens with zero attached hydrogens (tertiary/aromatic N) is 4. The second kappa shape index (κ2) is 8.61. The van der Waals surface area contributed by atoms with E-state index in [1.807, 2.05) is 23.6 Å². The van der Waals surface area contributed by atoms with E-state index < -0.39 is 11.7 Å². The average molecular weight is 479 g/mol. The summed E-state index contributed by atoms with van der Waals surface area (Å²) in [6, 6.07) is 5.49. The first-order valence-electron chi connectivity index (χ1n) is 10.7. The number of anilines is 1. The third-order valence-corrected chi connectivity index (χ3v) is 7.74. The molecule has 6 nitrogen and oxygen atoms in total. The van der Waals surface area contributed by atoms with Crippen molar-refractivity contribution in [2.45, 2.75) is 26.4 Å². The number of ether oxygens (including phenoxy) is 1. The van der Waals surface area contributed by atoms with Crippen LogP contribution in [0.2, 0.25) is 0 Å². The number of halogens is 3. The predicted molar refractivity (Wildman–Crippen MR) is 118 cm³/mol. The van der Waals surface area contributed by atoms with E-state index in [9.17, 15) is 18.0 Å². The second-order valence-corrected chi connectivity index (χ2v) is 10.1. The number of aryl methyl sites for hydroxylation is 2. The Hall–Kier alpha value is -2.64. The van der Waals surface area contributed by atoms with Crippen molar-refractivity contribution in [3.05, 3.63) is 44.9 Å². The largest absolute Gasteiger partial charge is 0.417 e. The number of rotatable bonds is 4. The van der Waals surface area contributed by atoms with Crippen molar-refractivity contribution < 1.29 is 22.7 Å². The number of benzene rings is 1. The zero-order chi connectivity index (χ0) is 24.0. The quantitative estimate of drug-likeness (QED) is 0.657. The molecular formula is C23H25F3N4O2S. The molecule has 0 N–H and O–H groups in total. The highest BCUT2D eigenvalue weighted by molar-refractivity contribution is 7.13. The van der Waals surface area contributed by atoms with Gasteiger partial charge in [0, 0.05) is 44.4 Å². The number of fused-ring (bicyclic) bond motifs is 1. The number of hydrogen-bond acceptors (Lipinski definition) is 6. The van der Waals surface area contributed by atoms with Gasteiger partial charge < -0.3 is 14.5 Å². The van der Waals surface area contributed by atoms with Gasteiger partial charge in [-0.3, -0.25) is 4.79 Å². The lowest BCUT2D eigenvalue weighted by Gasteiger charge is -2.43. The molecule has 0 radical (unpaired) electrons. The zero-order valence-electron chi connectivity index (χ0n) is 18.7. The summed E-state index contributed by atoms with van der Waals surface area (Å²) in [7, 11) is 1.61. The van der Waals surface area contributed by atoms with Crippen LogP contribution in [0, 0.1) is 36.5 Å². The van der Waals surface area contributed by atoms with E-state index in [1.54, 1.807) is 19.2 Å². The van der Waals surface area contributed by atoms with Crippen molar-refractivity contribution >= 4 is 22.9 Å². The molecule has 0 saturated carbocycles. The number of carbonyl (C=O) groups is 1. The first kappa shape index (κ1) is 23.5. The van der Waals surface area contributed by atoms with E-state index in [0.717, 1.165) is 23.2 Å². The summed E-state index contributed by atoms with van der Waals surface area (Å²) in [5.41, 5.74) is -0.552. The zero-order valence-corrected chi connectivity index (χ0v) is 19.5. The number of hydrogen-bond donors (Lipinski definition) is 0. The lowest BCUT2D eigenvalue weighted by Crippen LogP contribution is -2.52. The third kappa shape index (κ3) is 4.32. The van der Waals surface area contributed by atoms with Gasteiger partial charge in [0.05, 0.1) is 34.5 Å². The van der Waals surface area contributed by atoms with Gasteiger partial charge in [-0.2, -0.15) is 18.4 Å². The summed E-state index contributed by atoms with van der Waals surface area (Å²) in [5.74, 6) is 0.124. The molecule has 2 fully saturated rings. The maximum absolute atomic E-state index is 13.5. The fourth-order valence-corrected chi connectivity index (χ4v) is 6.07. The summed E-state index contributed by atoms with van der Waals surface area (Å²) in [6.07, 6.45) is -3.86. The Morgan fingerprint density at radius 2 is 2.12 bits per heavy atom. The van der Waals surface area contributed by atoms with Gasteiger partial charge in [0.2, 0.25) is 0 Å². The summed E-state index contributed by atoms with van der Waals surface area (Å²) in [6.45, 7) is 6.21. The monoisotopic (exact) mass is 478 g/mol. The van der Waals surface area contributed by atoms with Crippen molar-refractivity contribution in [3.8, 4) is 6.07 Å². The number of piperidine rings is 1. The molecule has 33 heavy (non-hydrogen) atoms. The summed E-state index contributed by atoms with van der Waals surface area (Å²) in [5, 5.41) is 9.93. The van der Waals surface area contributed by atoms with E-state index in [4.69, 9.17) is 10.00 Å². The molecule has 176 valence electrons. The molecule has 4 rings (SSSR count). The standard InChI is InChI=1S/C23H25F3N4O2S/c1-14-20(33-15(2)28-14)21(31)29-7-6-17-10-30(12-22(17,11-29)13-32-3)18-5-4-16(9-27)19(8-18)23(24,25)26/h4-5,8,17H,6-7,10-13H2,1-3H3/t17-,22+/m1/s1. The Morgan fingerprint density at radius 1 is 1.36 bits per heavy atom. The van der Waals surface area contributed by atoms with Gasteiger partial charge in [-0.15, -0.1) is 11.3 Å². The Morgan fingerprint density at radius 3 is 2.73 bits per heavy atom. The third-order valence-electron chi connectivity index (χ3n) is 6.68. The molecule has 0 spiro atoms. The minimum absolute atomic E-state index is 0.0526. The number of methoxy groups -OCH3 is 1. The summed E-state index contributed by atoms with van der Waals surface area (Å²) in [4.78, 5) is 22.0. The van der Waals surface area contributed by atoms with Crippen molar-refractivity contribution in [2.24, 2.45) is 11.3 Å². The van der Waals surface area contributed by atoms with Gasteiger partial charge in [0.15, 0.2) is 0 Å². The molecule has 3 heterocycles. The van der Waals surface area contributed by atoms with Crippen LogP contribution in [0.1, 0.15) is 37.9 Å². The highest BCUT2D eigenvalue weighted by Crippen LogP contribution is 2.45. The van der Waals surface area contributed by atoms with E-state index in [0.29, 0.717) is 43.4 Å². The van der Waals surface area contributed by atoms with Crippen LogP contribution in [0.4, 0.5) is 18.9 Å². The fraction of sp³-hybridized carbons (Fsp3) is 0.522. The van der Waals surface area contributed by atoms with E-state index in [-0.39, 0.29) is 22.8 Å². The number of nitriles is 1. The van der Waals surface area contributed by atoms with Crippen LogP contribution >= 0.6 is 11.3 Å². The Balaban J connectivity index is 1.61. The van der Waals surface area contributed by atoms with Crippen LogP contribution in [-0.4, -0.2) is 55.7 Å². The first-order valence-corrected chi connectivity index (χ1v) is 11.5. The van der Waals surface area contributed by atoms with Gasteiger partial charge in [-0.25, -0.2) is 4.98 Å². The lowest BCUT2D eigenvalue weighted by atomic mass is 9.74. The lowest BCUT2D eigenvalue weighted by molar-refractivity contribution is -0.137. The molecule has 2 aliphatic rings. The molecular weight excluding hydrogens is 453 g/mol. The molecule has 1 amide bonds. The highest BCUT2D eigenvalue weighted by Gasteiger charge is 2.51. The highest BCUT2D eigenvalue weighted by atomic mass is 32.1. The van der Waals surface area contributed by atoms with Gasteiger partial charge in [-0.1, -0.05) is 0 Å². The number of thiazole rings is 1. The van der Waals surface area contributed by atoms with Crippen molar-refractivity contribution in [2.75, 3.05) is 44.8 Å². The molecule has 1 aromatic heterocycles. The molecule has 10 heteroatoms. The Kier molecular flexibility index (Phi) is 6.14. The average Bonchev–Trinajstić information content (AvgIpc) is 3.31. The number of amides is 1. The van der Waals surface area contributed by atoms with E-state index in [2.05, 4.69) is 4.98 Å². The van der Waals surface area contributed by atoms with E-state index in [1.165, 1.54) is 17.4 Å². The van der Waals surface area contributed by atoms with Crippen molar-refractivity contribution in [3.63, 3.8) is 0 Å². The maximum Gasteiger partial charge on any atom is 0.417 e. The van der Waals surface area contributed by atoms with E-state index >= 15 is 0 Å². The molecule has 2 saturated heterocycles. The SMILES string of the molecule is COC[C@@]12CN(C(=O)c3sc(C)nc3C)CC[C@@H]1CN(c1ccc(C#N)c(C(F)(F)F)c1)C2. The Bertz CT molecular complexity index is 1110. The molecule has 2 aromatic rings. The van der Waals surface area contributed by atoms with Gasteiger partial charge >= 0.3 is 6.18 Å². The van der Waals surface area contributed by atoms with Gasteiger partial charge in [0.25, 0.3) is 5.91 Å². The topological polar surface area (TPSA) is 69.5 Å². The molecule has 0 aliphatic carbocycles.